The topological polar surface area (TPSA) is 124 Å². The second-order valence-corrected chi connectivity index (χ2v) is 7.03. The highest BCUT2D eigenvalue weighted by Gasteiger charge is 2.19. The second-order valence-electron chi connectivity index (χ2n) is 6.03. The summed E-state index contributed by atoms with van der Waals surface area (Å²) in [6, 6.07) is 3.60. The molecule has 152 valence electrons. The number of carbonyl (C=O) groups excluding carboxylic acids is 2. The molecule has 1 amide bonds. The van der Waals surface area contributed by atoms with E-state index in [1.165, 1.54) is 24.6 Å². The molecular weight excluding hydrogens is 396 g/mol. The number of nitrogens with one attached hydrogen (secondary N) is 1. The molecular formula is C19H20N4O5S. The number of amides is 1. The van der Waals surface area contributed by atoms with Gasteiger partial charge < -0.3 is 19.9 Å². The van der Waals surface area contributed by atoms with Crippen molar-refractivity contribution in [3.8, 4) is 22.2 Å². The lowest BCUT2D eigenvalue weighted by Gasteiger charge is -2.05. The zero-order valence-electron chi connectivity index (χ0n) is 16.0. The standard InChI is InChI=1S/C19H20N4O5S/c1-3-4-7-28-13-6-5-11(8-20-13)19-23-12-9-21-15(16(25)17(12)29-19)18(26)22-10-14(24)27-2/h5-6,8-9,25H,3-4,7,10H2,1-2H3,(H,22,26). The summed E-state index contributed by atoms with van der Waals surface area (Å²) in [5.41, 5.74) is 1.02. The SMILES string of the molecule is CCCCOc1ccc(-c2nc3cnc(C(=O)NCC(=O)OC)c(O)c3s2)cn1. The Morgan fingerprint density at radius 3 is 2.76 bits per heavy atom. The molecule has 0 spiro atoms. The number of aromatic nitrogens is 3. The van der Waals surface area contributed by atoms with E-state index in [1.54, 1.807) is 12.3 Å². The Labute approximate surface area is 170 Å². The third kappa shape index (κ3) is 4.77. The number of rotatable bonds is 8. The highest BCUT2D eigenvalue weighted by molar-refractivity contribution is 7.22. The molecule has 0 fully saturated rings. The van der Waals surface area contributed by atoms with E-state index in [1.807, 2.05) is 6.07 Å². The van der Waals surface area contributed by atoms with E-state index in [0.29, 0.717) is 27.7 Å². The first-order valence-electron chi connectivity index (χ1n) is 8.96. The molecule has 3 aromatic heterocycles. The molecule has 3 heterocycles. The molecule has 3 rings (SSSR count). The van der Waals surface area contributed by atoms with Crippen LogP contribution in [-0.2, 0) is 9.53 Å². The van der Waals surface area contributed by atoms with Gasteiger partial charge in [-0.1, -0.05) is 13.3 Å². The molecule has 0 bridgehead atoms. The Balaban J connectivity index is 1.80. The number of pyridine rings is 2. The summed E-state index contributed by atoms with van der Waals surface area (Å²) < 4.78 is 10.4. The highest BCUT2D eigenvalue weighted by Crippen LogP contribution is 2.36. The van der Waals surface area contributed by atoms with Crippen LogP contribution >= 0.6 is 11.3 Å². The maximum atomic E-state index is 12.2. The van der Waals surface area contributed by atoms with Crippen molar-refractivity contribution in [1.82, 2.24) is 20.3 Å². The number of fused-ring (bicyclic) bond motifs is 1. The summed E-state index contributed by atoms with van der Waals surface area (Å²) in [4.78, 5) is 36.0. The van der Waals surface area contributed by atoms with Gasteiger partial charge in [0.2, 0.25) is 5.88 Å². The number of hydrogen-bond acceptors (Lipinski definition) is 9. The third-order valence-corrected chi connectivity index (χ3v) is 5.10. The van der Waals surface area contributed by atoms with Crippen molar-refractivity contribution < 1.29 is 24.2 Å². The van der Waals surface area contributed by atoms with Gasteiger partial charge in [-0.05, 0) is 12.5 Å². The van der Waals surface area contributed by atoms with Crippen molar-refractivity contribution in [2.75, 3.05) is 20.3 Å². The Bertz CT molecular complexity index is 1020. The van der Waals surface area contributed by atoms with Crippen LogP contribution in [0.2, 0.25) is 0 Å². The minimum atomic E-state index is -0.681. The quantitative estimate of drug-likeness (QED) is 0.424. The third-order valence-electron chi connectivity index (χ3n) is 3.98. The fourth-order valence-electron chi connectivity index (χ4n) is 2.39. The zero-order chi connectivity index (χ0) is 20.8. The predicted octanol–water partition coefficient (Wildman–Crippen LogP) is 2.54. The summed E-state index contributed by atoms with van der Waals surface area (Å²) in [5.74, 6) is -1.04. The Kier molecular flexibility index (Phi) is 6.55. The van der Waals surface area contributed by atoms with Crippen molar-refractivity contribution in [2.45, 2.75) is 19.8 Å². The van der Waals surface area contributed by atoms with Crippen LogP contribution in [0.3, 0.4) is 0 Å². The fraction of sp³-hybridized carbons (Fsp3) is 0.316. The van der Waals surface area contributed by atoms with Crippen LogP contribution < -0.4 is 10.1 Å². The van der Waals surface area contributed by atoms with Crippen molar-refractivity contribution in [3.05, 3.63) is 30.2 Å². The molecule has 0 atom stereocenters. The van der Waals surface area contributed by atoms with Gasteiger partial charge in [0, 0.05) is 17.8 Å². The molecule has 0 aliphatic carbocycles. The van der Waals surface area contributed by atoms with E-state index in [9.17, 15) is 14.7 Å². The van der Waals surface area contributed by atoms with Gasteiger partial charge in [0.15, 0.2) is 11.4 Å². The summed E-state index contributed by atoms with van der Waals surface area (Å²) in [5, 5.41) is 13.4. The zero-order valence-corrected chi connectivity index (χ0v) is 16.8. The summed E-state index contributed by atoms with van der Waals surface area (Å²) >= 11 is 1.21. The highest BCUT2D eigenvalue weighted by atomic mass is 32.1. The van der Waals surface area contributed by atoms with Crippen LogP contribution in [0.4, 0.5) is 0 Å². The average molecular weight is 416 g/mol. The monoisotopic (exact) mass is 416 g/mol. The van der Waals surface area contributed by atoms with Crippen LogP contribution in [-0.4, -0.2) is 52.2 Å². The molecule has 0 aliphatic heterocycles. The van der Waals surface area contributed by atoms with Crippen molar-refractivity contribution >= 4 is 33.4 Å². The van der Waals surface area contributed by atoms with Crippen molar-refractivity contribution in [3.63, 3.8) is 0 Å². The smallest absolute Gasteiger partial charge is 0.325 e. The fourth-order valence-corrected chi connectivity index (χ4v) is 3.37. The largest absolute Gasteiger partial charge is 0.504 e. The normalized spacial score (nSPS) is 10.7. The maximum Gasteiger partial charge on any atom is 0.325 e. The van der Waals surface area contributed by atoms with Crippen LogP contribution in [0.15, 0.2) is 24.5 Å². The van der Waals surface area contributed by atoms with E-state index < -0.39 is 11.9 Å². The molecule has 10 heteroatoms. The van der Waals surface area contributed by atoms with E-state index >= 15 is 0 Å². The van der Waals surface area contributed by atoms with Crippen LogP contribution in [0, 0.1) is 0 Å². The number of methoxy groups -OCH3 is 1. The van der Waals surface area contributed by atoms with E-state index in [-0.39, 0.29) is 18.0 Å². The number of ether oxygens (including phenoxy) is 2. The molecule has 9 nitrogen and oxygen atoms in total. The number of unbranched alkanes of at least 4 members (excludes halogenated alkanes) is 1. The summed E-state index contributed by atoms with van der Waals surface area (Å²) in [7, 11) is 1.22. The molecule has 0 aliphatic rings. The molecule has 2 N–H and O–H groups in total. The first-order valence-corrected chi connectivity index (χ1v) is 9.77. The minimum Gasteiger partial charge on any atom is -0.504 e. The Morgan fingerprint density at radius 1 is 1.24 bits per heavy atom. The lowest BCUT2D eigenvalue weighted by Crippen LogP contribution is -2.30. The van der Waals surface area contributed by atoms with Gasteiger partial charge in [-0.3, -0.25) is 9.59 Å². The van der Waals surface area contributed by atoms with Gasteiger partial charge in [-0.2, -0.15) is 0 Å². The van der Waals surface area contributed by atoms with Gasteiger partial charge in [-0.15, -0.1) is 11.3 Å². The second kappa shape index (κ2) is 9.28. The molecule has 29 heavy (non-hydrogen) atoms. The number of hydrogen-bond donors (Lipinski definition) is 2. The first kappa shape index (κ1) is 20.5. The van der Waals surface area contributed by atoms with E-state index in [0.717, 1.165) is 18.4 Å². The number of carbonyl (C=O) groups is 2. The van der Waals surface area contributed by atoms with Gasteiger partial charge in [0.1, 0.15) is 21.8 Å². The first-order chi connectivity index (χ1) is 14.0. The van der Waals surface area contributed by atoms with Gasteiger partial charge in [0.05, 0.1) is 19.9 Å². The van der Waals surface area contributed by atoms with E-state index in [2.05, 4.69) is 31.9 Å². The summed E-state index contributed by atoms with van der Waals surface area (Å²) in [6.45, 7) is 2.39. The summed E-state index contributed by atoms with van der Waals surface area (Å²) in [6.07, 6.45) is 5.05. The van der Waals surface area contributed by atoms with Gasteiger partial charge in [-0.25, -0.2) is 15.0 Å². The number of aromatic hydroxyl groups is 1. The predicted molar refractivity (Wildman–Crippen MR) is 107 cm³/mol. The molecule has 0 aromatic carbocycles. The van der Waals surface area contributed by atoms with Crippen molar-refractivity contribution in [2.24, 2.45) is 0 Å². The van der Waals surface area contributed by atoms with Crippen molar-refractivity contribution in [1.29, 1.82) is 0 Å². The number of nitrogens with zero attached hydrogens (tertiary/aromatic N) is 3. The molecule has 0 radical (unpaired) electrons. The average Bonchev–Trinajstić information content (AvgIpc) is 3.18. The molecule has 0 unspecified atom stereocenters. The molecule has 0 saturated carbocycles. The maximum absolute atomic E-state index is 12.2. The number of thiazole rings is 1. The lowest BCUT2D eigenvalue weighted by molar-refractivity contribution is -0.139. The van der Waals surface area contributed by atoms with Crippen LogP contribution in [0.25, 0.3) is 20.8 Å². The number of esters is 1. The van der Waals surface area contributed by atoms with Crippen LogP contribution in [0.1, 0.15) is 30.3 Å². The Morgan fingerprint density at radius 2 is 2.07 bits per heavy atom. The molecule has 3 aromatic rings. The lowest BCUT2D eigenvalue weighted by atomic mass is 10.3. The Hall–Kier alpha value is -3.27. The molecule has 0 saturated heterocycles. The van der Waals surface area contributed by atoms with Gasteiger partial charge in [0.25, 0.3) is 5.91 Å². The van der Waals surface area contributed by atoms with Gasteiger partial charge >= 0.3 is 5.97 Å². The van der Waals surface area contributed by atoms with Crippen LogP contribution in [0.5, 0.6) is 11.6 Å². The minimum absolute atomic E-state index is 0.186. The van der Waals surface area contributed by atoms with E-state index in [4.69, 9.17) is 4.74 Å².